The van der Waals surface area contributed by atoms with Crippen molar-refractivity contribution < 1.29 is 40.3 Å². The summed E-state index contributed by atoms with van der Waals surface area (Å²) in [5.74, 6) is -4.18. The summed E-state index contributed by atoms with van der Waals surface area (Å²) in [4.78, 5) is 16.2. The molecule has 0 bridgehead atoms. The zero-order chi connectivity index (χ0) is 25.5. The molecule has 186 valence electrons. The average molecular weight is 527 g/mol. The molecule has 1 aliphatic rings. The number of hydrogen-bond acceptors (Lipinski definition) is 5. The van der Waals surface area contributed by atoms with Crippen LogP contribution < -0.4 is 5.32 Å². The van der Waals surface area contributed by atoms with Crippen molar-refractivity contribution in [1.29, 1.82) is 0 Å². The normalized spacial score (nSPS) is 18.8. The molecule has 1 fully saturated rings. The van der Waals surface area contributed by atoms with Gasteiger partial charge >= 0.3 is 6.18 Å². The Hall–Kier alpha value is -2.31. The number of rotatable bonds is 5. The van der Waals surface area contributed by atoms with Crippen LogP contribution in [0.15, 0.2) is 41.4 Å². The number of nitrogens with zero attached hydrogens (tertiary/aromatic N) is 1. The van der Waals surface area contributed by atoms with Crippen molar-refractivity contribution >= 4 is 27.3 Å². The lowest BCUT2D eigenvalue weighted by atomic mass is 9.75. The topological polar surface area (TPSA) is 96.4 Å². The molecule has 0 spiro atoms. The van der Waals surface area contributed by atoms with E-state index in [1.165, 1.54) is 18.2 Å². The van der Waals surface area contributed by atoms with Crippen molar-refractivity contribution in [2.45, 2.75) is 54.5 Å². The van der Waals surface area contributed by atoms with E-state index in [1.54, 1.807) is 6.07 Å². The number of alkyl halides is 5. The van der Waals surface area contributed by atoms with Gasteiger partial charge in [0.05, 0.1) is 17.2 Å². The number of pyridine rings is 1. The monoisotopic (exact) mass is 526 g/mol. The number of carbonyl (C=O) groups is 1. The Morgan fingerprint density at radius 1 is 1.12 bits per heavy atom. The first-order valence-electron chi connectivity index (χ1n) is 9.97. The van der Waals surface area contributed by atoms with Gasteiger partial charge in [0, 0.05) is 24.1 Å². The maximum atomic E-state index is 13.7. The van der Waals surface area contributed by atoms with E-state index in [0.717, 1.165) is 0 Å². The highest BCUT2D eigenvalue weighted by molar-refractivity contribution is 7.90. The van der Waals surface area contributed by atoms with E-state index in [-0.39, 0.29) is 10.6 Å². The summed E-state index contributed by atoms with van der Waals surface area (Å²) >= 11 is 6.22. The van der Waals surface area contributed by atoms with Crippen LogP contribution in [-0.2, 0) is 16.0 Å². The van der Waals surface area contributed by atoms with Crippen molar-refractivity contribution in [3.63, 3.8) is 0 Å². The Balaban J connectivity index is 2.06. The number of halogens is 6. The van der Waals surface area contributed by atoms with Crippen LogP contribution in [0.4, 0.5) is 22.0 Å². The minimum Gasteiger partial charge on any atom is -0.387 e. The average Bonchev–Trinajstić information content (AvgIpc) is 2.73. The van der Waals surface area contributed by atoms with Gasteiger partial charge in [-0.1, -0.05) is 29.8 Å². The zero-order valence-electron chi connectivity index (χ0n) is 17.7. The maximum Gasteiger partial charge on any atom is 0.433 e. The number of aromatic nitrogens is 1. The molecule has 0 aliphatic heterocycles. The van der Waals surface area contributed by atoms with Crippen molar-refractivity contribution in [2.75, 3.05) is 6.26 Å². The Morgan fingerprint density at radius 2 is 1.71 bits per heavy atom. The third-order valence-electron chi connectivity index (χ3n) is 5.62. The first-order chi connectivity index (χ1) is 15.5. The van der Waals surface area contributed by atoms with Gasteiger partial charge in [-0.25, -0.2) is 22.2 Å². The van der Waals surface area contributed by atoms with Crippen LogP contribution >= 0.6 is 11.6 Å². The van der Waals surface area contributed by atoms with Crippen LogP contribution in [0.3, 0.4) is 0 Å². The maximum absolute atomic E-state index is 13.7. The van der Waals surface area contributed by atoms with Crippen LogP contribution in [0, 0.1) is 0 Å². The van der Waals surface area contributed by atoms with Crippen LogP contribution in [0.1, 0.15) is 53.3 Å². The highest BCUT2D eigenvalue weighted by Gasteiger charge is 2.48. The summed E-state index contributed by atoms with van der Waals surface area (Å²) in [6.45, 7) is 0. The Morgan fingerprint density at radius 3 is 2.24 bits per heavy atom. The standard InChI is InChI=1S/C21H20ClF5N2O4S/c1-34(32,33)18-13(6-7-15(28-18)21(25,26)27)17(30)29-16(12-4-2-3-5-14(12)22)19(31)8-10-20(23,24)11-9-19/h2-7,16,31H,8-11H2,1H3,(H,29,30). The molecule has 1 unspecified atom stereocenters. The van der Waals surface area contributed by atoms with Gasteiger partial charge in [0.15, 0.2) is 14.9 Å². The van der Waals surface area contributed by atoms with Gasteiger partial charge < -0.3 is 10.4 Å². The molecule has 3 rings (SSSR count). The lowest BCUT2D eigenvalue weighted by molar-refractivity contribution is -0.141. The van der Waals surface area contributed by atoms with Gasteiger partial charge in [-0.2, -0.15) is 13.2 Å². The predicted octanol–water partition coefficient (Wildman–Crippen LogP) is 4.57. The number of sulfone groups is 1. The molecule has 1 amide bonds. The zero-order valence-corrected chi connectivity index (χ0v) is 19.2. The highest BCUT2D eigenvalue weighted by atomic mass is 35.5. The molecule has 0 radical (unpaired) electrons. The number of nitrogens with one attached hydrogen (secondary N) is 1. The SMILES string of the molecule is CS(=O)(=O)c1nc(C(F)(F)F)ccc1C(=O)NC(c1ccccc1Cl)C1(O)CCC(F)(F)CC1. The quantitative estimate of drug-likeness (QED) is 0.556. The molecule has 6 nitrogen and oxygen atoms in total. The number of benzene rings is 1. The minimum atomic E-state index is -4.96. The summed E-state index contributed by atoms with van der Waals surface area (Å²) in [7, 11) is -4.39. The summed E-state index contributed by atoms with van der Waals surface area (Å²) < 4.78 is 90.9. The molecule has 34 heavy (non-hydrogen) atoms. The Labute approximate surface area is 197 Å². The van der Waals surface area contributed by atoms with Crippen LogP contribution in [0.2, 0.25) is 5.02 Å². The molecule has 1 aromatic carbocycles. The molecule has 13 heteroatoms. The lowest BCUT2D eigenvalue weighted by Crippen LogP contribution is -2.50. The summed E-state index contributed by atoms with van der Waals surface area (Å²) in [6, 6.07) is 5.72. The smallest absolute Gasteiger partial charge is 0.387 e. The van der Waals surface area contributed by atoms with E-state index >= 15 is 0 Å². The summed E-state index contributed by atoms with van der Waals surface area (Å²) in [5.41, 5.74) is -3.92. The molecule has 2 aromatic rings. The van der Waals surface area contributed by atoms with Gasteiger partial charge in [0.1, 0.15) is 5.69 Å². The lowest BCUT2D eigenvalue weighted by Gasteiger charge is -2.42. The van der Waals surface area contributed by atoms with Crippen molar-refractivity contribution in [1.82, 2.24) is 10.3 Å². The molecular weight excluding hydrogens is 507 g/mol. The van der Waals surface area contributed by atoms with Gasteiger partial charge in [-0.15, -0.1) is 0 Å². The Bertz CT molecular complexity index is 1190. The Kier molecular flexibility index (Phi) is 7.00. The van der Waals surface area contributed by atoms with Crippen molar-refractivity contribution in [3.8, 4) is 0 Å². The fraction of sp³-hybridized carbons (Fsp3) is 0.429. The minimum absolute atomic E-state index is 0.0902. The second-order valence-electron chi connectivity index (χ2n) is 8.21. The van der Waals surface area contributed by atoms with E-state index < -0.39 is 81.5 Å². The molecule has 1 saturated carbocycles. The fourth-order valence-corrected chi connectivity index (χ4v) is 4.88. The number of amides is 1. The van der Waals surface area contributed by atoms with E-state index in [4.69, 9.17) is 11.6 Å². The van der Waals surface area contributed by atoms with Crippen LogP contribution in [0.5, 0.6) is 0 Å². The molecule has 1 heterocycles. The molecular formula is C21H20ClF5N2O4S. The summed E-state index contributed by atoms with van der Waals surface area (Å²) in [5, 5.41) is 12.6. The summed E-state index contributed by atoms with van der Waals surface area (Å²) in [6.07, 6.45) is -6.54. The molecule has 0 saturated heterocycles. The molecule has 1 atom stereocenters. The number of aliphatic hydroxyl groups is 1. The van der Waals surface area contributed by atoms with Gasteiger partial charge in [0.25, 0.3) is 5.91 Å². The predicted molar refractivity (Wildman–Crippen MR) is 112 cm³/mol. The number of carbonyl (C=O) groups excluding carboxylic acids is 1. The second-order valence-corrected chi connectivity index (χ2v) is 10.5. The third kappa shape index (κ3) is 5.66. The molecule has 2 N–H and O–H groups in total. The molecule has 1 aliphatic carbocycles. The van der Waals surface area contributed by atoms with Crippen LogP contribution in [-0.4, -0.2) is 42.2 Å². The second kappa shape index (κ2) is 9.04. The largest absolute Gasteiger partial charge is 0.433 e. The molecule has 1 aromatic heterocycles. The van der Waals surface area contributed by atoms with Gasteiger partial charge in [0.2, 0.25) is 5.92 Å². The van der Waals surface area contributed by atoms with Gasteiger partial charge in [-0.3, -0.25) is 4.79 Å². The first-order valence-corrected chi connectivity index (χ1v) is 12.2. The van der Waals surface area contributed by atoms with E-state index in [0.29, 0.717) is 18.4 Å². The van der Waals surface area contributed by atoms with E-state index in [1.807, 2.05) is 0 Å². The van der Waals surface area contributed by atoms with Gasteiger partial charge in [-0.05, 0) is 36.6 Å². The fourth-order valence-electron chi connectivity index (χ4n) is 3.81. The highest BCUT2D eigenvalue weighted by Crippen LogP contribution is 2.45. The van der Waals surface area contributed by atoms with E-state index in [2.05, 4.69) is 10.3 Å². The first kappa shape index (κ1) is 26.3. The van der Waals surface area contributed by atoms with Crippen molar-refractivity contribution in [2.24, 2.45) is 0 Å². The van der Waals surface area contributed by atoms with E-state index in [9.17, 15) is 40.3 Å². The number of hydrogen-bond donors (Lipinski definition) is 2. The third-order valence-corrected chi connectivity index (χ3v) is 6.98. The van der Waals surface area contributed by atoms with Crippen molar-refractivity contribution in [3.05, 3.63) is 58.2 Å². The van der Waals surface area contributed by atoms with Crippen LogP contribution in [0.25, 0.3) is 0 Å².